The van der Waals surface area contributed by atoms with Crippen molar-refractivity contribution in [2.24, 2.45) is 5.92 Å². The van der Waals surface area contributed by atoms with Crippen molar-refractivity contribution in [1.82, 2.24) is 19.5 Å². The first-order valence-corrected chi connectivity index (χ1v) is 13.1. The van der Waals surface area contributed by atoms with Crippen molar-refractivity contribution < 1.29 is 4.79 Å². The van der Waals surface area contributed by atoms with Gasteiger partial charge in [0.05, 0.1) is 5.69 Å². The van der Waals surface area contributed by atoms with Crippen LogP contribution in [0.4, 0.5) is 16.3 Å². The van der Waals surface area contributed by atoms with Crippen molar-refractivity contribution in [3.05, 3.63) is 71.4 Å². The van der Waals surface area contributed by atoms with Crippen LogP contribution in [0, 0.1) is 5.92 Å². The summed E-state index contributed by atoms with van der Waals surface area (Å²) in [5.74, 6) is 1.53. The van der Waals surface area contributed by atoms with Crippen molar-refractivity contribution in [3.63, 3.8) is 0 Å². The lowest BCUT2D eigenvalue weighted by atomic mass is 9.98. The Kier molecular flexibility index (Phi) is 7.37. The van der Waals surface area contributed by atoms with Gasteiger partial charge in [0.15, 0.2) is 5.65 Å². The van der Waals surface area contributed by atoms with Crippen LogP contribution in [-0.4, -0.2) is 53.0 Å². The molecular formula is C28H30BClN6O. The fourth-order valence-corrected chi connectivity index (χ4v) is 4.96. The number of piperidine rings is 1. The summed E-state index contributed by atoms with van der Waals surface area (Å²) >= 11 is 6.44. The Balaban J connectivity index is 1.27. The van der Waals surface area contributed by atoms with E-state index in [1.165, 1.54) is 5.56 Å². The number of hydrogen-bond donors (Lipinski definition) is 2. The molecule has 5 rings (SSSR count). The number of fused-ring (bicyclic) bond motifs is 1. The number of rotatable bonds is 6. The van der Waals surface area contributed by atoms with Gasteiger partial charge >= 0.3 is 6.03 Å². The van der Waals surface area contributed by atoms with Crippen LogP contribution in [0.1, 0.15) is 38.2 Å². The zero-order chi connectivity index (χ0) is 25.9. The van der Waals surface area contributed by atoms with Crippen molar-refractivity contribution in [2.45, 2.75) is 32.6 Å². The van der Waals surface area contributed by atoms with Crippen LogP contribution in [0.3, 0.4) is 0 Å². The number of halogens is 1. The molecule has 0 aliphatic carbocycles. The lowest BCUT2D eigenvalue weighted by Gasteiger charge is -2.33. The van der Waals surface area contributed by atoms with Crippen LogP contribution in [0.25, 0.3) is 16.9 Å². The second-order valence-electron chi connectivity index (χ2n) is 9.88. The van der Waals surface area contributed by atoms with Gasteiger partial charge in [0.25, 0.3) is 0 Å². The van der Waals surface area contributed by atoms with Crippen LogP contribution in [0.15, 0.2) is 60.8 Å². The Morgan fingerprint density at radius 1 is 1.19 bits per heavy atom. The molecule has 7 nitrogen and oxygen atoms in total. The van der Waals surface area contributed by atoms with E-state index in [9.17, 15) is 4.79 Å². The van der Waals surface area contributed by atoms with Crippen LogP contribution in [0.2, 0.25) is 5.02 Å². The minimum Gasteiger partial charge on any atom is -0.370 e. The molecule has 2 aromatic carbocycles. The first kappa shape index (κ1) is 25.1. The summed E-state index contributed by atoms with van der Waals surface area (Å²) in [4.78, 5) is 19.6. The average molecular weight is 513 g/mol. The van der Waals surface area contributed by atoms with Crippen molar-refractivity contribution in [1.29, 1.82) is 0 Å². The van der Waals surface area contributed by atoms with E-state index in [4.69, 9.17) is 24.4 Å². The Morgan fingerprint density at radius 2 is 1.97 bits per heavy atom. The summed E-state index contributed by atoms with van der Waals surface area (Å²) < 4.78 is 1.71. The van der Waals surface area contributed by atoms with E-state index in [1.54, 1.807) is 10.7 Å². The van der Waals surface area contributed by atoms with Gasteiger partial charge in [0.2, 0.25) is 0 Å². The maximum Gasteiger partial charge on any atom is 0.321 e. The molecule has 2 N–H and O–H groups in total. The third-order valence-corrected chi connectivity index (χ3v) is 7.19. The van der Waals surface area contributed by atoms with Gasteiger partial charge in [-0.3, -0.25) is 0 Å². The molecule has 2 aromatic heterocycles. The van der Waals surface area contributed by atoms with Crippen LogP contribution in [-0.2, 0) is 0 Å². The highest BCUT2D eigenvalue weighted by Gasteiger charge is 2.24. The van der Waals surface area contributed by atoms with Crippen molar-refractivity contribution in [3.8, 4) is 11.3 Å². The van der Waals surface area contributed by atoms with Gasteiger partial charge in [-0.05, 0) is 53.9 Å². The fourth-order valence-electron chi connectivity index (χ4n) is 4.73. The number of nitrogens with zero attached hydrogens (tertiary/aromatic N) is 4. The third kappa shape index (κ3) is 5.59. The largest absolute Gasteiger partial charge is 0.370 e. The Bertz CT molecular complexity index is 1400. The molecule has 4 aromatic rings. The number of amides is 2. The van der Waals surface area contributed by atoms with E-state index in [0.717, 1.165) is 42.1 Å². The smallest absolute Gasteiger partial charge is 0.321 e. The maximum absolute atomic E-state index is 13.0. The summed E-state index contributed by atoms with van der Waals surface area (Å²) in [6.07, 6.45) is 3.59. The molecule has 1 saturated heterocycles. The molecule has 9 heteroatoms. The predicted molar refractivity (Wildman–Crippen MR) is 151 cm³/mol. The molecule has 1 aliphatic rings. The Hall–Kier alpha value is -3.52. The molecule has 1 atom stereocenters. The highest BCUT2D eigenvalue weighted by Crippen LogP contribution is 2.28. The summed E-state index contributed by atoms with van der Waals surface area (Å²) in [5, 5.41) is 11.6. The van der Waals surface area contributed by atoms with E-state index < -0.39 is 0 Å². The first-order chi connectivity index (χ1) is 17.9. The van der Waals surface area contributed by atoms with Gasteiger partial charge in [0, 0.05) is 48.2 Å². The normalized spacial score (nSPS) is 15.8. The SMILES string of the molecule is [B]c1cnn2c(NCC3CCCN(C(=O)Nc4ccc(C(C)C)cc4)C3)cc(-c3ccccc3Cl)nc12. The molecule has 3 heterocycles. The summed E-state index contributed by atoms with van der Waals surface area (Å²) in [5.41, 5.74) is 4.70. The number of anilines is 2. The number of nitrogens with one attached hydrogen (secondary N) is 2. The average Bonchev–Trinajstić information content (AvgIpc) is 3.28. The molecule has 2 amide bonds. The second kappa shape index (κ2) is 10.8. The molecule has 0 saturated carbocycles. The number of aromatic nitrogens is 3. The molecule has 188 valence electrons. The van der Waals surface area contributed by atoms with Crippen LogP contribution in [0.5, 0.6) is 0 Å². The zero-order valence-corrected chi connectivity index (χ0v) is 21.9. The standard InChI is InChI=1S/C28H30BClN6O/c1-18(2)20-9-11-21(12-10-20)33-28(37)35-13-5-6-19(17-35)15-31-26-14-25(22-7-3-4-8-24(22)30)34-27-23(29)16-32-36(26)27/h3-4,7-12,14,16,18-19,31H,5-6,13,15,17H2,1-2H3,(H,33,37). The summed E-state index contributed by atoms with van der Waals surface area (Å²) in [7, 11) is 6.15. The number of urea groups is 1. The van der Waals surface area contributed by atoms with Gasteiger partial charge in [0.1, 0.15) is 13.7 Å². The van der Waals surface area contributed by atoms with Gasteiger partial charge < -0.3 is 15.5 Å². The first-order valence-electron chi connectivity index (χ1n) is 12.7. The van der Waals surface area contributed by atoms with E-state index in [0.29, 0.717) is 41.1 Å². The van der Waals surface area contributed by atoms with Gasteiger partial charge in [-0.2, -0.15) is 9.61 Å². The lowest BCUT2D eigenvalue weighted by Crippen LogP contribution is -2.44. The van der Waals surface area contributed by atoms with E-state index in [1.807, 2.05) is 47.4 Å². The van der Waals surface area contributed by atoms with Gasteiger partial charge in [-0.25, -0.2) is 9.78 Å². The van der Waals surface area contributed by atoms with E-state index in [2.05, 4.69) is 41.7 Å². The Labute approximate surface area is 223 Å². The summed E-state index contributed by atoms with van der Waals surface area (Å²) in [6.45, 7) is 6.43. The van der Waals surface area contributed by atoms with Crippen LogP contribution >= 0.6 is 11.6 Å². The molecule has 1 aliphatic heterocycles. The van der Waals surface area contributed by atoms with Crippen LogP contribution < -0.4 is 16.1 Å². The third-order valence-electron chi connectivity index (χ3n) is 6.86. The number of likely N-dealkylation sites (tertiary alicyclic amines) is 1. The van der Waals surface area contributed by atoms with Crippen molar-refractivity contribution in [2.75, 3.05) is 30.3 Å². The molecule has 37 heavy (non-hydrogen) atoms. The molecule has 1 fully saturated rings. The zero-order valence-electron chi connectivity index (χ0n) is 21.1. The monoisotopic (exact) mass is 512 g/mol. The fraction of sp³-hybridized carbons (Fsp3) is 0.321. The number of carbonyl (C=O) groups excluding carboxylic acids is 1. The highest BCUT2D eigenvalue weighted by molar-refractivity contribution is 6.36. The lowest BCUT2D eigenvalue weighted by molar-refractivity contribution is 0.180. The minimum absolute atomic E-state index is 0.0610. The van der Waals surface area contributed by atoms with Gasteiger partial charge in [-0.1, -0.05) is 55.8 Å². The molecule has 2 radical (unpaired) electrons. The molecule has 1 unspecified atom stereocenters. The quantitative estimate of drug-likeness (QED) is 0.343. The predicted octanol–water partition coefficient (Wildman–Crippen LogP) is 5.32. The minimum atomic E-state index is -0.0610. The Morgan fingerprint density at radius 3 is 2.73 bits per heavy atom. The van der Waals surface area contributed by atoms with E-state index >= 15 is 0 Å². The van der Waals surface area contributed by atoms with Gasteiger partial charge in [-0.15, -0.1) is 0 Å². The topological polar surface area (TPSA) is 74.6 Å². The highest BCUT2D eigenvalue weighted by atomic mass is 35.5. The maximum atomic E-state index is 13.0. The molecule has 0 bridgehead atoms. The number of hydrogen-bond acceptors (Lipinski definition) is 4. The summed E-state index contributed by atoms with van der Waals surface area (Å²) in [6, 6.07) is 17.6. The number of carbonyl (C=O) groups is 1. The molecule has 0 spiro atoms. The molecular weight excluding hydrogens is 483 g/mol. The second-order valence-corrected chi connectivity index (χ2v) is 10.3. The van der Waals surface area contributed by atoms with Crippen molar-refractivity contribution >= 4 is 48.1 Å². The number of benzene rings is 2. The van der Waals surface area contributed by atoms with E-state index in [-0.39, 0.29) is 6.03 Å².